The Labute approximate surface area is 191 Å². The molecular formula is C26H31NO4S. The van der Waals surface area contributed by atoms with Crippen LogP contribution in [0, 0.1) is 34.5 Å². The molecule has 0 aromatic heterocycles. The van der Waals surface area contributed by atoms with Crippen molar-refractivity contribution in [2.75, 3.05) is 5.75 Å². The molecule has 0 spiro atoms. The van der Waals surface area contributed by atoms with E-state index in [-0.39, 0.29) is 35.6 Å². The number of aliphatic hydroxyl groups is 1. The van der Waals surface area contributed by atoms with Gasteiger partial charge in [-0.2, -0.15) is 0 Å². The molecule has 3 saturated carbocycles. The summed E-state index contributed by atoms with van der Waals surface area (Å²) in [6.07, 6.45) is 6.96. The largest absolute Gasteiger partial charge is 0.392 e. The maximum absolute atomic E-state index is 14.3. The second-order valence-corrected chi connectivity index (χ2v) is 12.9. The molecule has 8 atom stereocenters. The third kappa shape index (κ3) is 2.30. The van der Waals surface area contributed by atoms with Gasteiger partial charge in [0.25, 0.3) is 0 Å². The van der Waals surface area contributed by atoms with Crippen LogP contribution >= 0.6 is 0 Å². The van der Waals surface area contributed by atoms with Gasteiger partial charge in [-0.3, -0.25) is 18.7 Å². The fraction of sp³-hybridized carbons (Fsp3) is 0.615. The van der Waals surface area contributed by atoms with E-state index in [4.69, 9.17) is 0 Å². The summed E-state index contributed by atoms with van der Waals surface area (Å²) in [5.74, 6) is -0.408. The van der Waals surface area contributed by atoms with Crippen LogP contribution in [0.3, 0.4) is 0 Å². The monoisotopic (exact) mass is 453 g/mol. The van der Waals surface area contributed by atoms with Crippen LogP contribution in [0.1, 0.15) is 45.1 Å². The van der Waals surface area contributed by atoms with Gasteiger partial charge in [0.15, 0.2) is 0 Å². The summed E-state index contributed by atoms with van der Waals surface area (Å²) in [6.45, 7) is 4.61. The van der Waals surface area contributed by atoms with E-state index in [9.17, 15) is 18.9 Å². The van der Waals surface area contributed by atoms with Gasteiger partial charge in [0.2, 0.25) is 11.8 Å². The second-order valence-electron chi connectivity index (χ2n) is 11.2. The number of carbonyl (C=O) groups is 2. The fourth-order valence-corrected chi connectivity index (χ4v) is 10.8. The molecule has 1 N–H and O–H groups in total. The zero-order chi connectivity index (χ0) is 22.5. The van der Waals surface area contributed by atoms with Crippen molar-refractivity contribution in [3.63, 3.8) is 0 Å². The summed E-state index contributed by atoms with van der Waals surface area (Å²) >= 11 is 0. The average molecular weight is 454 g/mol. The first-order valence-corrected chi connectivity index (χ1v) is 13.2. The molecule has 5 aliphatic rings. The predicted octanol–water partition coefficient (Wildman–Crippen LogP) is 3.05. The highest BCUT2D eigenvalue weighted by molar-refractivity contribution is 7.87. The number of nitrogens with zero attached hydrogens (tertiary/aromatic N) is 1. The van der Waals surface area contributed by atoms with Crippen LogP contribution in [-0.2, 0) is 26.9 Å². The van der Waals surface area contributed by atoms with E-state index in [0.29, 0.717) is 11.7 Å². The topological polar surface area (TPSA) is 74.7 Å². The van der Waals surface area contributed by atoms with Crippen molar-refractivity contribution in [3.05, 3.63) is 48.0 Å². The van der Waals surface area contributed by atoms with Gasteiger partial charge in [-0.15, -0.1) is 0 Å². The van der Waals surface area contributed by atoms with Gasteiger partial charge in [0.05, 0.1) is 18.6 Å². The van der Waals surface area contributed by atoms with Crippen molar-refractivity contribution in [1.82, 2.24) is 4.90 Å². The molecule has 1 aliphatic heterocycles. The van der Waals surface area contributed by atoms with Gasteiger partial charge in [0, 0.05) is 27.9 Å². The lowest BCUT2D eigenvalue weighted by Crippen LogP contribution is -2.55. The average Bonchev–Trinajstić information content (AvgIpc) is 3.52. The minimum Gasteiger partial charge on any atom is -0.392 e. The van der Waals surface area contributed by atoms with Gasteiger partial charge in [-0.1, -0.05) is 56.3 Å². The lowest BCUT2D eigenvalue weighted by atomic mass is 9.70. The quantitative estimate of drug-likeness (QED) is 0.549. The predicted molar refractivity (Wildman–Crippen MR) is 122 cm³/mol. The standard InChI is InChI=1S/C26H31NO4S/c1-24(2)18-10-11-25(24,20(28)13-18)15-32(31)26-19-9-8-17(12-19)21(26)22(29)27(23(26)30)14-16-6-4-3-5-7-16/h3-9,17-21,28H,10-15H2,1-2H3/t17-,18+,19+,20+,21-,25+,26+,32?/m0/s1. The molecule has 1 saturated heterocycles. The van der Waals surface area contributed by atoms with Crippen LogP contribution in [0.15, 0.2) is 42.5 Å². The molecule has 6 rings (SSSR count). The Morgan fingerprint density at radius 1 is 1.12 bits per heavy atom. The Morgan fingerprint density at radius 3 is 2.53 bits per heavy atom. The Balaban J connectivity index is 1.38. The Hall–Kier alpha value is -1.79. The molecular weight excluding hydrogens is 422 g/mol. The van der Waals surface area contributed by atoms with Crippen molar-refractivity contribution in [3.8, 4) is 0 Å². The maximum Gasteiger partial charge on any atom is 0.249 e. The van der Waals surface area contributed by atoms with Crippen molar-refractivity contribution in [2.45, 2.75) is 56.9 Å². The van der Waals surface area contributed by atoms with Crippen LogP contribution in [0.2, 0.25) is 0 Å². The highest BCUT2D eigenvalue weighted by atomic mass is 32.2. The Bertz CT molecular complexity index is 1050. The minimum absolute atomic E-state index is 0.0171. The van der Waals surface area contributed by atoms with Gasteiger partial charge >= 0.3 is 0 Å². The second kappa shape index (κ2) is 6.63. The lowest BCUT2D eigenvalue weighted by molar-refractivity contribution is -0.141. The summed E-state index contributed by atoms with van der Waals surface area (Å²) in [4.78, 5) is 28.9. The van der Waals surface area contributed by atoms with Gasteiger partial charge in [-0.25, -0.2) is 0 Å². The van der Waals surface area contributed by atoms with E-state index in [1.54, 1.807) is 0 Å². The SMILES string of the molecule is CC1(C)[C@@H]2CC[C@@]1(CS(=O)[C@@]13C(=O)N(Cc4ccccc4)C(=O)[C@@H]1[C@H]1C=C[C@@H]3C1)[C@H](O)C2. The first-order valence-electron chi connectivity index (χ1n) is 11.9. The van der Waals surface area contributed by atoms with Crippen molar-refractivity contribution < 1.29 is 18.9 Å². The third-order valence-electron chi connectivity index (χ3n) is 10.0. The number of allylic oxidation sites excluding steroid dienone is 2. The van der Waals surface area contributed by atoms with E-state index in [1.807, 2.05) is 36.4 Å². The number of hydrogen-bond donors (Lipinski definition) is 1. The normalized spacial score (nSPS) is 44.0. The lowest BCUT2D eigenvalue weighted by Gasteiger charge is -2.43. The highest BCUT2D eigenvalue weighted by Gasteiger charge is 2.74. The number of likely N-dealkylation sites (tertiary alicyclic amines) is 1. The molecule has 170 valence electrons. The van der Waals surface area contributed by atoms with E-state index < -0.39 is 33.0 Å². The van der Waals surface area contributed by atoms with Gasteiger partial charge in [0.1, 0.15) is 4.75 Å². The van der Waals surface area contributed by atoms with E-state index in [1.165, 1.54) is 4.90 Å². The molecule has 32 heavy (non-hydrogen) atoms. The fourth-order valence-electron chi connectivity index (χ4n) is 8.03. The van der Waals surface area contributed by atoms with Crippen molar-refractivity contribution in [2.24, 2.45) is 34.5 Å². The van der Waals surface area contributed by atoms with Crippen LogP contribution < -0.4 is 0 Å². The number of rotatable bonds is 5. The molecule has 1 aromatic rings. The molecule has 5 nitrogen and oxygen atoms in total. The van der Waals surface area contributed by atoms with Gasteiger partial charge < -0.3 is 5.11 Å². The molecule has 4 fully saturated rings. The van der Waals surface area contributed by atoms with Gasteiger partial charge in [-0.05, 0) is 48.5 Å². The van der Waals surface area contributed by atoms with Crippen LogP contribution in [0.5, 0.6) is 0 Å². The van der Waals surface area contributed by atoms with Crippen LogP contribution in [0.25, 0.3) is 0 Å². The number of imide groups is 1. The first kappa shape index (κ1) is 20.8. The molecule has 2 amide bonds. The summed E-state index contributed by atoms with van der Waals surface area (Å²) in [5.41, 5.74) is 0.348. The number of fused-ring (bicyclic) bond motifs is 7. The number of aliphatic hydroxyl groups excluding tert-OH is 1. The smallest absolute Gasteiger partial charge is 0.249 e. The summed E-state index contributed by atoms with van der Waals surface area (Å²) < 4.78 is 13.2. The summed E-state index contributed by atoms with van der Waals surface area (Å²) in [7, 11) is -1.54. The molecule has 1 heterocycles. The Morgan fingerprint density at radius 2 is 1.88 bits per heavy atom. The van der Waals surface area contributed by atoms with Crippen molar-refractivity contribution in [1.29, 1.82) is 0 Å². The van der Waals surface area contributed by atoms with Crippen LogP contribution in [0.4, 0.5) is 0 Å². The summed E-state index contributed by atoms with van der Waals surface area (Å²) in [6, 6.07) is 9.55. The molecule has 6 heteroatoms. The van der Waals surface area contributed by atoms with Crippen LogP contribution in [-0.4, -0.2) is 42.6 Å². The maximum atomic E-state index is 14.3. The Kier molecular flexibility index (Phi) is 4.31. The third-order valence-corrected chi connectivity index (χ3v) is 12.3. The number of hydrogen-bond acceptors (Lipinski definition) is 4. The minimum atomic E-state index is -1.54. The molecule has 0 radical (unpaired) electrons. The number of carbonyl (C=O) groups excluding carboxylic acids is 2. The molecule has 1 unspecified atom stereocenters. The zero-order valence-corrected chi connectivity index (χ0v) is 19.5. The molecule has 1 aromatic carbocycles. The highest BCUT2D eigenvalue weighted by Crippen LogP contribution is 2.67. The van der Waals surface area contributed by atoms with Crippen molar-refractivity contribution >= 4 is 22.6 Å². The van der Waals surface area contributed by atoms with E-state index in [0.717, 1.165) is 31.2 Å². The molecule has 4 aliphatic carbocycles. The number of amides is 2. The van der Waals surface area contributed by atoms with E-state index in [2.05, 4.69) is 19.9 Å². The number of benzene rings is 1. The first-order chi connectivity index (χ1) is 15.2. The van der Waals surface area contributed by atoms with E-state index >= 15 is 0 Å². The molecule has 4 bridgehead atoms. The zero-order valence-electron chi connectivity index (χ0n) is 18.7. The summed E-state index contributed by atoms with van der Waals surface area (Å²) in [5, 5.41) is 11.0.